The highest BCUT2D eigenvalue weighted by atomic mass is 35.5. The molecule has 1 aromatic rings. The summed E-state index contributed by atoms with van der Waals surface area (Å²) in [6, 6.07) is 0.474. The standard InChI is InChI=1S/C15H24N2.ClH/c1-9-10(2)12(4)15(13(5)11(9)3)14-8-16-6-7-17-14;/h14,16-17H,6-8H2,1-5H3;1H/t14-;/m1./s1. The minimum Gasteiger partial charge on any atom is -0.314 e. The molecule has 1 saturated heterocycles. The van der Waals surface area contributed by atoms with Gasteiger partial charge in [0.15, 0.2) is 0 Å². The smallest absolute Gasteiger partial charge is 0.0452 e. The van der Waals surface area contributed by atoms with Gasteiger partial charge in [0, 0.05) is 25.7 Å². The molecule has 2 rings (SSSR count). The molecule has 0 saturated carbocycles. The number of rotatable bonds is 1. The van der Waals surface area contributed by atoms with Crippen molar-refractivity contribution in [2.75, 3.05) is 19.6 Å². The van der Waals surface area contributed by atoms with E-state index in [1.165, 1.54) is 33.4 Å². The fourth-order valence-corrected chi connectivity index (χ4v) is 2.91. The van der Waals surface area contributed by atoms with Crippen molar-refractivity contribution in [2.45, 2.75) is 40.7 Å². The van der Waals surface area contributed by atoms with E-state index < -0.39 is 0 Å². The molecule has 0 aromatic heterocycles. The highest BCUT2D eigenvalue weighted by Crippen LogP contribution is 2.30. The van der Waals surface area contributed by atoms with Crippen molar-refractivity contribution >= 4 is 12.4 Å². The Morgan fingerprint density at radius 2 is 1.28 bits per heavy atom. The van der Waals surface area contributed by atoms with E-state index in [9.17, 15) is 0 Å². The summed E-state index contributed by atoms with van der Waals surface area (Å²) in [5, 5.41) is 7.11. The van der Waals surface area contributed by atoms with Gasteiger partial charge in [0.1, 0.15) is 0 Å². The lowest BCUT2D eigenvalue weighted by Crippen LogP contribution is -2.43. The third-order valence-electron chi connectivity index (χ3n) is 4.45. The highest BCUT2D eigenvalue weighted by molar-refractivity contribution is 5.85. The average Bonchev–Trinajstić information content (AvgIpc) is 2.36. The second-order valence-corrected chi connectivity index (χ2v) is 5.25. The van der Waals surface area contributed by atoms with Gasteiger partial charge in [-0.15, -0.1) is 12.4 Å². The zero-order valence-corrected chi connectivity index (χ0v) is 12.9. The van der Waals surface area contributed by atoms with Gasteiger partial charge < -0.3 is 10.6 Å². The minimum absolute atomic E-state index is 0. The molecule has 0 amide bonds. The third-order valence-corrected chi connectivity index (χ3v) is 4.45. The van der Waals surface area contributed by atoms with Crippen LogP contribution in [0.15, 0.2) is 0 Å². The Morgan fingerprint density at radius 3 is 1.72 bits per heavy atom. The van der Waals surface area contributed by atoms with Crippen LogP contribution in [0.3, 0.4) is 0 Å². The monoisotopic (exact) mass is 268 g/mol. The highest BCUT2D eigenvalue weighted by Gasteiger charge is 2.21. The molecule has 2 N–H and O–H groups in total. The van der Waals surface area contributed by atoms with Crippen LogP contribution in [0.25, 0.3) is 0 Å². The van der Waals surface area contributed by atoms with Crippen LogP contribution < -0.4 is 10.6 Å². The van der Waals surface area contributed by atoms with Crippen molar-refractivity contribution in [3.05, 3.63) is 33.4 Å². The van der Waals surface area contributed by atoms with E-state index in [1.54, 1.807) is 0 Å². The molecule has 1 heterocycles. The summed E-state index contributed by atoms with van der Waals surface area (Å²) in [7, 11) is 0. The van der Waals surface area contributed by atoms with Crippen LogP contribution in [0.5, 0.6) is 0 Å². The van der Waals surface area contributed by atoms with E-state index in [1.807, 2.05) is 0 Å². The molecule has 0 unspecified atom stereocenters. The quantitative estimate of drug-likeness (QED) is 0.819. The SMILES string of the molecule is Cc1c(C)c(C)c([C@H]2CNCCN2)c(C)c1C.Cl. The molecule has 1 aliphatic heterocycles. The van der Waals surface area contributed by atoms with Crippen LogP contribution in [0.2, 0.25) is 0 Å². The fraction of sp³-hybridized carbons (Fsp3) is 0.600. The molecule has 102 valence electrons. The van der Waals surface area contributed by atoms with Crippen molar-refractivity contribution in [2.24, 2.45) is 0 Å². The van der Waals surface area contributed by atoms with Gasteiger partial charge in [-0.05, 0) is 68.0 Å². The van der Waals surface area contributed by atoms with E-state index >= 15 is 0 Å². The van der Waals surface area contributed by atoms with Crippen LogP contribution in [-0.2, 0) is 0 Å². The van der Waals surface area contributed by atoms with Gasteiger partial charge >= 0.3 is 0 Å². The number of hydrogen-bond donors (Lipinski definition) is 2. The van der Waals surface area contributed by atoms with Crippen LogP contribution in [0.4, 0.5) is 0 Å². The summed E-state index contributed by atoms with van der Waals surface area (Å²) in [5.41, 5.74) is 8.80. The lowest BCUT2D eigenvalue weighted by molar-refractivity contribution is 0.427. The van der Waals surface area contributed by atoms with Crippen molar-refractivity contribution < 1.29 is 0 Å². The van der Waals surface area contributed by atoms with E-state index in [4.69, 9.17) is 0 Å². The van der Waals surface area contributed by atoms with Gasteiger partial charge in [-0.1, -0.05) is 0 Å². The fourth-order valence-electron chi connectivity index (χ4n) is 2.91. The second kappa shape index (κ2) is 6.05. The molecule has 0 bridgehead atoms. The minimum atomic E-state index is 0. The van der Waals surface area contributed by atoms with E-state index in [0.717, 1.165) is 19.6 Å². The maximum atomic E-state index is 3.63. The number of benzene rings is 1. The van der Waals surface area contributed by atoms with Crippen LogP contribution >= 0.6 is 12.4 Å². The maximum Gasteiger partial charge on any atom is 0.0452 e. The maximum absolute atomic E-state index is 3.63. The zero-order chi connectivity index (χ0) is 12.6. The van der Waals surface area contributed by atoms with Crippen molar-refractivity contribution in [3.63, 3.8) is 0 Å². The lowest BCUT2D eigenvalue weighted by Gasteiger charge is -2.30. The number of hydrogen-bond acceptors (Lipinski definition) is 2. The molecular formula is C15H25ClN2. The van der Waals surface area contributed by atoms with E-state index in [2.05, 4.69) is 45.3 Å². The molecule has 1 atom stereocenters. The first-order valence-corrected chi connectivity index (χ1v) is 6.55. The number of nitrogens with one attached hydrogen (secondary N) is 2. The summed E-state index contributed by atoms with van der Waals surface area (Å²) < 4.78 is 0. The van der Waals surface area contributed by atoms with Gasteiger partial charge in [-0.3, -0.25) is 0 Å². The molecule has 3 heteroatoms. The Hall–Kier alpha value is -0.570. The lowest BCUT2D eigenvalue weighted by atomic mass is 9.86. The predicted molar refractivity (Wildman–Crippen MR) is 81.0 cm³/mol. The molecule has 0 spiro atoms. The molecule has 1 fully saturated rings. The second-order valence-electron chi connectivity index (χ2n) is 5.25. The Balaban J connectivity index is 0.00000162. The van der Waals surface area contributed by atoms with Crippen LogP contribution in [0, 0.1) is 34.6 Å². The number of halogens is 1. The zero-order valence-electron chi connectivity index (χ0n) is 12.1. The third kappa shape index (κ3) is 2.56. The Labute approximate surface area is 117 Å². The van der Waals surface area contributed by atoms with Crippen molar-refractivity contribution in [1.29, 1.82) is 0 Å². The van der Waals surface area contributed by atoms with Gasteiger partial charge in [0.05, 0.1) is 0 Å². The van der Waals surface area contributed by atoms with E-state index in [-0.39, 0.29) is 12.4 Å². The van der Waals surface area contributed by atoms with Crippen molar-refractivity contribution in [1.82, 2.24) is 10.6 Å². The van der Waals surface area contributed by atoms with Crippen LogP contribution in [0.1, 0.15) is 39.4 Å². The van der Waals surface area contributed by atoms with Gasteiger partial charge in [-0.25, -0.2) is 0 Å². The summed E-state index contributed by atoms with van der Waals surface area (Å²) in [6.45, 7) is 14.5. The number of piperazine rings is 1. The molecule has 0 radical (unpaired) electrons. The summed E-state index contributed by atoms with van der Waals surface area (Å²) in [5.74, 6) is 0. The Morgan fingerprint density at radius 1 is 0.778 bits per heavy atom. The first-order chi connectivity index (χ1) is 8.04. The molecule has 2 nitrogen and oxygen atoms in total. The van der Waals surface area contributed by atoms with Crippen molar-refractivity contribution in [3.8, 4) is 0 Å². The molecule has 18 heavy (non-hydrogen) atoms. The summed E-state index contributed by atoms with van der Waals surface area (Å²) in [6.07, 6.45) is 0. The average molecular weight is 269 g/mol. The van der Waals surface area contributed by atoms with Gasteiger partial charge in [0.2, 0.25) is 0 Å². The largest absolute Gasteiger partial charge is 0.314 e. The first kappa shape index (κ1) is 15.5. The van der Waals surface area contributed by atoms with Gasteiger partial charge in [0.25, 0.3) is 0 Å². The first-order valence-electron chi connectivity index (χ1n) is 6.55. The predicted octanol–water partition coefficient (Wildman–Crippen LogP) is 2.88. The summed E-state index contributed by atoms with van der Waals surface area (Å²) >= 11 is 0. The molecular weight excluding hydrogens is 244 g/mol. The molecule has 0 aliphatic carbocycles. The molecule has 1 aliphatic rings. The normalized spacial score (nSPS) is 19.5. The van der Waals surface area contributed by atoms with Gasteiger partial charge in [-0.2, -0.15) is 0 Å². The Bertz CT molecular complexity index is 406. The summed E-state index contributed by atoms with van der Waals surface area (Å²) in [4.78, 5) is 0. The van der Waals surface area contributed by atoms with E-state index in [0.29, 0.717) is 6.04 Å². The van der Waals surface area contributed by atoms with Crippen LogP contribution in [-0.4, -0.2) is 19.6 Å². The topological polar surface area (TPSA) is 24.1 Å². The molecule has 1 aromatic carbocycles. The Kier molecular flexibility index (Phi) is 5.20.